The van der Waals surface area contributed by atoms with Gasteiger partial charge in [0.25, 0.3) is 5.91 Å². The molecular weight excluding hydrogens is 234 g/mol. The van der Waals surface area contributed by atoms with Gasteiger partial charge in [-0.25, -0.2) is 4.37 Å². The fourth-order valence-corrected chi connectivity index (χ4v) is 3.57. The Bertz CT molecular complexity index is 392. The van der Waals surface area contributed by atoms with Gasteiger partial charge in [-0.2, -0.15) is 0 Å². The predicted molar refractivity (Wildman–Crippen MR) is 67.2 cm³/mol. The monoisotopic (exact) mass is 251 g/mol. The highest BCUT2D eigenvalue weighted by Crippen LogP contribution is 2.31. The molecular formula is C12H17N3OS. The van der Waals surface area contributed by atoms with Crippen LogP contribution in [0.5, 0.6) is 0 Å². The Morgan fingerprint density at radius 1 is 1.47 bits per heavy atom. The highest BCUT2D eigenvalue weighted by atomic mass is 32.1. The summed E-state index contributed by atoms with van der Waals surface area (Å²) in [6.07, 6.45) is 4.03. The van der Waals surface area contributed by atoms with E-state index >= 15 is 0 Å². The number of carbonyl (C=O) groups is 1. The van der Waals surface area contributed by atoms with Crippen LogP contribution in [0.25, 0.3) is 0 Å². The second-order valence-electron chi connectivity index (χ2n) is 4.83. The quantitative estimate of drug-likeness (QED) is 0.798. The fourth-order valence-electron chi connectivity index (χ4n) is 3.03. The van der Waals surface area contributed by atoms with Gasteiger partial charge in [0.15, 0.2) is 0 Å². The van der Waals surface area contributed by atoms with Crippen molar-refractivity contribution in [3.63, 3.8) is 0 Å². The molecule has 17 heavy (non-hydrogen) atoms. The molecule has 1 aromatic rings. The first-order chi connectivity index (χ1) is 8.29. The SMILES string of the molecule is CCN1CC2CCC(C1)N2C(=O)c1ccns1. The maximum Gasteiger partial charge on any atom is 0.266 e. The number of rotatable bonds is 2. The van der Waals surface area contributed by atoms with Gasteiger partial charge in [0, 0.05) is 31.4 Å². The second kappa shape index (κ2) is 4.38. The molecule has 2 unspecified atom stereocenters. The van der Waals surface area contributed by atoms with E-state index in [0.717, 1.165) is 37.4 Å². The lowest BCUT2D eigenvalue weighted by molar-refractivity contribution is 0.0438. The molecule has 2 aliphatic heterocycles. The number of amides is 1. The largest absolute Gasteiger partial charge is 0.329 e. The van der Waals surface area contributed by atoms with E-state index in [1.807, 2.05) is 6.07 Å². The third-order valence-electron chi connectivity index (χ3n) is 3.89. The average Bonchev–Trinajstić information content (AvgIpc) is 2.95. The summed E-state index contributed by atoms with van der Waals surface area (Å²) >= 11 is 1.31. The van der Waals surface area contributed by atoms with Crippen molar-refractivity contribution in [2.75, 3.05) is 19.6 Å². The van der Waals surface area contributed by atoms with Crippen LogP contribution in [0, 0.1) is 0 Å². The van der Waals surface area contributed by atoms with Gasteiger partial charge in [-0.3, -0.25) is 9.69 Å². The van der Waals surface area contributed by atoms with E-state index < -0.39 is 0 Å². The molecule has 0 aromatic carbocycles. The van der Waals surface area contributed by atoms with Gasteiger partial charge in [-0.05, 0) is 37.0 Å². The molecule has 1 amide bonds. The number of hydrogen-bond acceptors (Lipinski definition) is 4. The maximum absolute atomic E-state index is 12.4. The van der Waals surface area contributed by atoms with Crippen molar-refractivity contribution < 1.29 is 4.79 Å². The molecule has 0 spiro atoms. The normalized spacial score (nSPS) is 28.6. The zero-order chi connectivity index (χ0) is 11.8. The molecule has 0 saturated carbocycles. The topological polar surface area (TPSA) is 36.4 Å². The molecule has 1 aromatic heterocycles. The summed E-state index contributed by atoms with van der Waals surface area (Å²) in [5.74, 6) is 0.191. The Hall–Kier alpha value is -0.940. The smallest absolute Gasteiger partial charge is 0.266 e. The minimum atomic E-state index is 0.191. The van der Waals surface area contributed by atoms with E-state index in [1.165, 1.54) is 11.5 Å². The first-order valence-electron chi connectivity index (χ1n) is 6.25. The molecule has 2 aliphatic rings. The second-order valence-corrected chi connectivity index (χ2v) is 5.66. The van der Waals surface area contributed by atoms with E-state index in [-0.39, 0.29) is 5.91 Å². The van der Waals surface area contributed by atoms with Crippen LogP contribution < -0.4 is 0 Å². The van der Waals surface area contributed by atoms with Crippen molar-refractivity contribution in [1.29, 1.82) is 0 Å². The van der Waals surface area contributed by atoms with Crippen LogP contribution in [0.2, 0.25) is 0 Å². The van der Waals surface area contributed by atoms with Crippen molar-refractivity contribution in [1.82, 2.24) is 14.2 Å². The van der Waals surface area contributed by atoms with Crippen molar-refractivity contribution in [3.05, 3.63) is 17.1 Å². The van der Waals surface area contributed by atoms with Crippen molar-refractivity contribution in [2.24, 2.45) is 0 Å². The van der Waals surface area contributed by atoms with Gasteiger partial charge in [0.1, 0.15) is 4.88 Å². The van der Waals surface area contributed by atoms with Crippen LogP contribution in [0.3, 0.4) is 0 Å². The summed E-state index contributed by atoms with van der Waals surface area (Å²) in [6.45, 7) is 5.37. The van der Waals surface area contributed by atoms with Crippen LogP contribution in [0.15, 0.2) is 12.3 Å². The van der Waals surface area contributed by atoms with Crippen LogP contribution >= 0.6 is 11.5 Å². The van der Waals surface area contributed by atoms with E-state index in [4.69, 9.17) is 0 Å². The molecule has 5 heteroatoms. The molecule has 2 bridgehead atoms. The van der Waals surface area contributed by atoms with E-state index in [0.29, 0.717) is 12.1 Å². The van der Waals surface area contributed by atoms with Gasteiger partial charge in [-0.1, -0.05) is 6.92 Å². The molecule has 0 aliphatic carbocycles. The van der Waals surface area contributed by atoms with Crippen molar-refractivity contribution >= 4 is 17.4 Å². The molecule has 0 N–H and O–H groups in total. The zero-order valence-corrected chi connectivity index (χ0v) is 10.8. The number of likely N-dealkylation sites (N-methyl/N-ethyl adjacent to an activating group) is 1. The summed E-state index contributed by atoms with van der Waals surface area (Å²) in [5.41, 5.74) is 0. The third kappa shape index (κ3) is 1.87. The number of likely N-dealkylation sites (tertiary alicyclic amines) is 1. The minimum absolute atomic E-state index is 0.191. The molecule has 3 rings (SSSR count). The number of fused-ring (bicyclic) bond motifs is 2. The van der Waals surface area contributed by atoms with Gasteiger partial charge in [0.2, 0.25) is 0 Å². The molecule has 2 fully saturated rings. The Balaban J connectivity index is 1.79. The first kappa shape index (κ1) is 11.2. The summed E-state index contributed by atoms with van der Waals surface area (Å²) < 4.78 is 4.02. The molecule has 2 atom stereocenters. The van der Waals surface area contributed by atoms with E-state index in [2.05, 4.69) is 21.1 Å². The minimum Gasteiger partial charge on any atom is -0.329 e. The lowest BCUT2D eigenvalue weighted by Crippen LogP contribution is -2.55. The predicted octanol–water partition coefficient (Wildman–Crippen LogP) is 1.45. The Labute approximate surface area is 105 Å². The number of hydrogen-bond donors (Lipinski definition) is 0. The standard InChI is InChI=1S/C12H17N3OS/c1-2-14-7-9-3-4-10(8-14)15(9)12(16)11-5-6-13-17-11/h5-6,9-10H,2-4,7-8H2,1H3. The average molecular weight is 251 g/mol. The van der Waals surface area contributed by atoms with Crippen LogP contribution in [-0.2, 0) is 0 Å². The van der Waals surface area contributed by atoms with Gasteiger partial charge in [0.05, 0.1) is 0 Å². The van der Waals surface area contributed by atoms with Gasteiger partial charge >= 0.3 is 0 Å². The number of piperazine rings is 1. The maximum atomic E-state index is 12.4. The highest BCUT2D eigenvalue weighted by molar-refractivity contribution is 7.08. The number of carbonyl (C=O) groups excluding carboxylic acids is 1. The first-order valence-corrected chi connectivity index (χ1v) is 7.02. The van der Waals surface area contributed by atoms with Crippen LogP contribution in [0.4, 0.5) is 0 Å². The summed E-state index contributed by atoms with van der Waals surface area (Å²) in [7, 11) is 0. The lowest BCUT2D eigenvalue weighted by atomic mass is 10.2. The fraction of sp³-hybridized carbons (Fsp3) is 0.667. The molecule has 3 heterocycles. The third-order valence-corrected chi connectivity index (χ3v) is 4.62. The molecule has 4 nitrogen and oxygen atoms in total. The molecule has 0 radical (unpaired) electrons. The Morgan fingerprint density at radius 2 is 2.18 bits per heavy atom. The zero-order valence-electron chi connectivity index (χ0n) is 10.0. The van der Waals surface area contributed by atoms with E-state index in [9.17, 15) is 4.79 Å². The molecule has 92 valence electrons. The van der Waals surface area contributed by atoms with Crippen molar-refractivity contribution in [2.45, 2.75) is 31.8 Å². The van der Waals surface area contributed by atoms with Crippen LogP contribution in [-0.4, -0.2) is 51.8 Å². The van der Waals surface area contributed by atoms with E-state index in [1.54, 1.807) is 6.20 Å². The lowest BCUT2D eigenvalue weighted by Gasteiger charge is -2.40. The number of nitrogens with zero attached hydrogens (tertiary/aromatic N) is 3. The Kier molecular flexibility index (Phi) is 2.88. The summed E-state index contributed by atoms with van der Waals surface area (Å²) in [6, 6.07) is 2.67. The molecule has 2 saturated heterocycles. The van der Waals surface area contributed by atoms with Gasteiger partial charge < -0.3 is 4.90 Å². The van der Waals surface area contributed by atoms with Gasteiger partial charge in [-0.15, -0.1) is 0 Å². The summed E-state index contributed by atoms with van der Waals surface area (Å²) in [5, 5.41) is 0. The number of aromatic nitrogens is 1. The van der Waals surface area contributed by atoms with Crippen molar-refractivity contribution in [3.8, 4) is 0 Å². The van der Waals surface area contributed by atoms with Crippen LogP contribution in [0.1, 0.15) is 29.4 Å². The Morgan fingerprint density at radius 3 is 2.71 bits per heavy atom. The summed E-state index contributed by atoms with van der Waals surface area (Å²) in [4.78, 5) is 17.7. The highest BCUT2D eigenvalue weighted by Gasteiger charge is 2.42.